The predicted molar refractivity (Wildman–Crippen MR) is 73.0 cm³/mol. The number of carbonyl (C=O) groups excluding carboxylic acids is 1. The van der Waals surface area contributed by atoms with E-state index in [-0.39, 0.29) is 18.1 Å². The zero-order valence-electron chi connectivity index (χ0n) is 11.7. The maximum absolute atomic E-state index is 12.3. The Morgan fingerprint density at radius 1 is 1.25 bits per heavy atom. The third-order valence-corrected chi connectivity index (χ3v) is 6.59. The number of likely N-dealkylation sites (tertiary alicyclic amines) is 1. The molecule has 1 unspecified atom stereocenters. The van der Waals surface area contributed by atoms with Gasteiger partial charge in [-0.1, -0.05) is 0 Å². The van der Waals surface area contributed by atoms with E-state index in [1.165, 1.54) is 6.92 Å². The first kappa shape index (κ1) is 15.3. The largest absolute Gasteiger partial charge is 0.481 e. The van der Waals surface area contributed by atoms with Crippen molar-refractivity contribution in [3.8, 4) is 0 Å². The molecule has 114 valence electrons. The summed E-state index contributed by atoms with van der Waals surface area (Å²) in [6, 6.07) is 0. The van der Waals surface area contributed by atoms with E-state index in [4.69, 9.17) is 5.11 Å². The molecule has 2 aliphatic rings. The summed E-state index contributed by atoms with van der Waals surface area (Å²) in [6.45, 7) is 2.67. The number of rotatable bonds is 6. The van der Waals surface area contributed by atoms with Gasteiger partial charge in [0.1, 0.15) is 5.25 Å². The van der Waals surface area contributed by atoms with Crippen molar-refractivity contribution in [3.63, 3.8) is 0 Å². The first-order valence-electron chi connectivity index (χ1n) is 6.98. The van der Waals surface area contributed by atoms with Crippen LogP contribution in [0.15, 0.2) is 0 Å². The average Bonchev–Trinajstić information content (AvgIpc) is 2.89. The van der Waals surface area contributed by atoms with Crippen molar-refractivity contribution in [1.29, 1.82) is 0 Å². The first-order valence-corrected chi connectivity index (χ1v) is 8.69. The summed E-state index contributed by atoms with van der Waals surface area (Å²) in [5.74, 6) is -1.50. The van der Waals surface area contributed by atoms with Crippen LogP contribution in [0.1, 0.15) is 39.0 Å². The zero-order valence-corrected chi connectivity index (χ0v) is 12.5. The first-order chi connectivity index (χ1) is 9.26. The highest BCUT2D eigenvalue weighted by Crippen LogP contribution is 2.50. The summed E-state index contributed by atoms with van der Waals surface area (Å²) in [6.07, 6.45) is 2.94. The van der Waals surface area contributed by atoms with Gasteiger partial charge in [-0.3, -0.25) is 9.59 Å². The van der Waals surface area contributed by atoms with Gasteiger partial charge in [0.15, 0.2) is 9.84 Å². The Bertz CT molecular complexity index is 503. The van der Waals surface area contributed by atoms with E-state index in [9.17, 15) is 18.0 Å². The summed E-state index contributed by atoms with van der Waals surface area (Å²) in [5, 5.41) is 7.77. The van der Waals surface area contributed by atoms with Crippen LogP contribution in [0, 0.1) is 5.41 Å². The summed E-state index contributed by atoms with van der Waals surface area (Å²) in [5.41, 5.74) is -0.635. The normalized spacial score (nSPS) is 22.6. The van der Waals surface area contributed by atoms with Crippen molar-refractivity contribution in [3.05, 3.63) is 0 Å². The molecule has 1 heterocycles. The van der Waals surface area contributed by atoms with E-state index in [0.717, 1.165) is 12.8 Å². The highest BCUT2D eigenvalue weighted by atomic mass is 32.2. The van der Waals surface area contributed by atoms with Crippen molar-refractivity contribution in [2.75, 3.05) is 18.8 Å². The quantitative estimate of drug-likeness (QED) is 0.778. The Hall–Kier alpha value is -1.11. The van der Waals surface area contributed by atoms with Crippen molar-refractivity contribution in [2.45, 2.75) is 44.3 Å². The molecule has 0 aromatic carbocycles. The van der Waals surface area contributed by atoms with Gasteiger partial charge < -0.3 is 10.0 Å². The lowest BCUT2D eigenvalue weighted by atomic mass is 10.1. The molecule has 1 atom stereocenters. The number of hydrogen-bond acceptors (Lipinski definition) is 4. The summed E-state index contributed by atoms with van der Waals surface area (Å²) >= 11 is 0. The van der Waals surface area contributed by atoms with Crippen LogP contribution in [0.25, 0.3) is 0 Å². The Morgan fingerprint density at radius 2 is 1.80 bits per heavy atom. The van der Waals surface area contributed by atoms with E-state index >= 15 is 0 Å². The van der Waals surface area contributed by atoms with Crippen LogP contribution in [0.4, 0.5) is 0 Å². The lowest BCUT2D eigenvalue weighted by molar-refractivity contribution is -0.138. The SMILES string of the molecule is CC(C(=O)N1CCCC1)S(=O)(=O)CC1(CC(=O)O)CC1. The third kappa shape index (κ3) is 3.31. The molecule has 2 fully saturated rings. The molecule has 0 bridgehead atoms. The highest BCUT2D eigenvalue weighted by Gasteiger charge is 2.49. The van der Waals surface area contributed by atoms with Gasteiger partial charge >= 0.3 is 5.97 Å². The van der Waals surface area contributed by atoms with Crippen LogP contribution < -0.4 is 0 Å². The molecule has 1 N–H and O–H groups in total. The Kier molecular flexibility index (Phi) is 4.09. The van der Waals surface area contributed by atoms with E-state index in [1.54, 1.807) is 4.90 Å². The zero-order chi connectivity index (χ0) is 15.0. The highest BCUT2D eigenvalue weighted by molar-refractivity contribution is 7.92. The number of carboxylic acid groups (broad SMARTS) is 1. The summed E-state index contributed by atoms with van der Waals surface area (Å²) in [4.78, 5) is 24.5. The average molecular weight is 303 g/mol. The van der Waals surface area contributed by atoms with E-state index < -0.39 is 26.5 Å². The maximum atomic E-state index is 12.3. The van der Waals surface area contributed by atoms with Crippen molar-refractivity contribution in [2.24, 2.45) is 5.41 Å². The number of amides is 1. The van der Waals surface area contributed by atoms with Crippen LogP contribution >= 0.6 is 0 Å². The topological polar surface area (TPSA) is 91.8 Å². The standard InChI is InChI=1S/C13H21NO5S/c1-10(12(17)14-6-2-3-7-14)20(18,19)9-13(4-5-13)8-11(15)16/h10H,2-9H2,1H3,(H,15,16). The van der Waals surface area contributed by atoms with Crippen LogP contribution in [-0.2, 0) is 19.4 Å². The maximum Gasteiger partial charge on any atom is 0.303 e. The lowest BCUT2D eigenvalue weighted by Gasteiger charge is -2.22. The van der Waals surface area contributed by atoms with Crippen LogP contribution in [0.3, 0.4) is 0 Å². The minimum atomic E-state index is -3.59. The molecule has 1 saturated heterocycles. The summed E-state index contributed by atoms with van der Waals surface area (Å²) < 4.78 is 24.7. The molecule has 1 amide bonds. The monoisotopic (exact) mass is 303 g/mol. The molecule has 1 aliphatic carbocycles. The number of nitrogens with zero attached hydrogens (tertiary/aromatic N) is 1. The van der Waals surface area contributed by atoms with Gasteiger partial charge in [-0.2, -0.15) is 0 Å². The van der Waals surface area contributed by atoms with Crippen molar-refractivity contribution in [1.82, 2.24) is 4.90 Å². The second-order valence-electron chi connectivity index (χ2n) is 6.05. The van der Waals surface area contributed by atoms with E-state index in [0.29, 0.717) is 25.9 Å². The minimum absolute atomic E-state index is 0.128. The number of carbonyl (C=O) groups is 2. The second-order valence-corrected chi connectivity index (χ2v) is 8.37. The summed E-state index contributed by atoms with van der Waals surface area (Å²) in [7, 11) is -3.59. The van der Waals surface area contributed by atoms with Gasteiger partial charge in [0.05, 0.1) is 12.2 Å². The molecule has 6 nitrogen and oxygen atoms in total. The fourth-order valence-corrected chi connectivity index (χ4v) is 4.72. The van der Waals surface area contributed by atoms with Crippen LogP contribution in [0.5, 0.6) is 0 Å². The molecule has 20 heavy (non-hydrogen) atoms. The van der Waals surface area contributed by atoms with Gasteiger partial charge in [0.2, 0.25) is 5.91 Å². The molecular formula is C13H21NO5S. The third-order valence-electron chi connectivity index (χ3n) is 4.29. The lowest BCUT2D eigenvalue weighted by Crippen LogP contribution is -2.42. The molecule has 7 heteroatoms. The van der Waals surface area contributed by atoms with Gasteiger partial charge in [-0.05, 0) is 38.0 Å². The Balaban J connectivity index is 2.02. The smallest absolute Gasteiger partial charge is 0.303 e. The van der Waals surface area contributed by atoms with Gasteiger partial charge in [0, 0.05) is 13.1 Å². The fraction of sp³-hybridized carbons (Fsp3) is 0.846. The van der Waals surface area contributed by atoms with E-state index in [1.807, 2.05) is 0 Å². The van der Waals surface area contributed by atoms with E-state index in [2.05, 4.69) is 0 Å². The fourth-order valence-electron chi connectivity index (χ4n) is 2.77. The number of carboxylic acids is 1. The molecule has 0 radical (unpaired) electrons. The van der Waals surface area contributed by atoms with Gasteiger partial charge in [0.25, 0.3) is 0 Å². The Morgan fingerprint density at radius 3 is 2.25 bits per heavy atom. The van der Waals surface area contributed by atoms with Crippen molar-refractivity contribution < 1.29 is 23.1 Å². The second kappa shape index (κ2) is 5.35. The minimum Gasteiger partial charge on any atom is -0.481 e. The molecule has 1 aliphatic heterocycles. The molecular weight excluding hydrogens is 282 g/mol. The van der Waals surface area contributed by atoms with Crippen LogP contribution in [-0.4, -0.2) is 54.4 Å². The molecule has 0 aromatic rings. The molecule has 0 aromatic heterocycles. The van der Waals surface area contributed by atoms with Crippen molar-refractivity contribution >= 4 is 21.7 Å². The molecule has 2 rings (SSSR count). The molecule has 1 saturated carbocycles. The van der Waals surface area contributed by atoms with Gasteiger partial charge in [-0.15, -0.1) is 0 Å². The predicted octanol–water partition coefficient (Wildman–Crippen LogP) is 0.667. The van der Waals surface area contributed by atoms with Crippen LogP contribution in [0.2, 0.25) is 0 Å². The number of aliphatic carboxylic acids is 1. The Labute approximate surface area is 119 Å². The molecule has 0 spiro atoms. The number of hydrogen-bond donors (Lipinski definition) is 1. The number of sulfone groups is 1. The van der Waals surface area contributed by atoms with Gasteiger partial charge in [-0.25, -0.2) is 8.42 Å².